The summed E-state index contributed by atoms with van der Waals surface area (Å²) in [4.78, 5) is 3.61. The van der Waals surface area contributed by atoms with Crippen LogP contribution >= 0.6 is 0 Å². The molecule has 0 saturated carbocycles. The number of hydrogen-bond donors (Lipinski definition) is 3. The van der Waals surface area contributed by atoms with E-state index in [1.807, 2.05) is 0 Å². The van der Waals surface area contributed by atoms with Gasteiger partial charge in [0.15, 0.2) is 0 Å². The fourth-order valence-electron chi connectivity index (χ4n) is 3.45. The average Bonchev–Trinajstić information content (AvgIpc) is 2.93. The first kappa shape index (κ1) is 12.6. The Labute approximate surface area is 124 Å². The first-order valence-electron chi connectivity index (χ1n) is 7.49. The summed E-state index contributed by atoms with van der Waals surface area (Å²) >= 11 is 0. The first-order valence-corrected chi connectivity index (χ1v) is 7.49. The van der Waals surface area contributed by atoms with Gasteiger partial charge in [-0.1, -0.05) is 42.5 Å². The zero-order valence-corrected chi connectivity index (χ0v) is 11.9. The highest BCUT2D eigenvalue weighted by Crippen LogP contribution is 2.34. The molecule has 0 spiro atoms. The molecule has 1 aliphatic rings. The Morgan fingerprint density at radius 2 is 1.86 bits per heavy atom. The lowest BCUT2D eigenvalue weighted by Crippen LogP contribution is -2.31. The first-order chi connectivity index (χ1) is 10.4. The van der Waals surface area contributed by atoms with Crippen molar-refractivity contribution in [1.82, 2.24) is 10.3 Å². The molecule has 4 N–H and O–H groups in total. The maximum atomic E-state index is 5.91. The molecule has 1 atom stereocenters. The lowest BCUT2D eigenvalue weighted by Gasteiger charge is -2.26. The van der Waals surface area contributed by atoms with Gasteiger partial charge < -0.3 is 16.0 Å². The summed E-state index contributed by atoms with van der Waals surface area (Å²) in [5, 5.41) is 4.99. The number of nitrogens with one attached hydrogen (secondary N) is 2. The smallest absolute Gasteiger partial charge is 0.0735 e. The van der Waals surface area contributed by atoms with Crippen molar-refractivity contribution in [2.45, 2.75) is 19.0 Å². The van der Waals surface area contributed by atoms with Crippen molar-refractivity contribution in [1.29, 1.82) is 0 Å². The van der Waals surface area contributed by atoms with Crippen molar-refractivity contribution in [2.24, 2.45) is 5.73 Å². The van der Waals surface area contributed by atoms with Crippen LogP contribution in [0.15, 0.2) is 48.5 Å². The molecule has 0 bridgehead atoms. The molecule has 0 radical (unpaired) electrons. The molecular formula is C18H19N3. The highest BCUT2D eigenvalue weighted by atomic mass is 15.0. The molecule has 2 aromatic carbocycles. The topological polar surface area (TPSA) is 53.8 Å². The third-order valence-corrected chi connectivity index (χ3v) is 4.44. The van der Waals surface area contributed by atoms with Gasteiger partial charge in [-0.15, -0.1) is 0 Å². The number of nitrogens with two attached hydrogens (primary N) is 1. The molecule has 0 aliphatic carbocycles. The van der Waals surface area contributed by atoms with Crippen molar-refractivity contribution in [2.75, 3.05) is 6.54 Å². The van der Waals surface area contributed by atoms with Gasteiger partial charge >= 0.3 is 0 Å². The second-order valence-corrected chi connectivity index (χ2v) is 5.60. The number of rotatable bonds is 2. The monoisotopic (exact) mass is 277 g/mol. The number of hydrogen-bond acceptors (Lipinski definition) is 2. The molecule has 3 nitrogen and oxygen atoms in total. The van der Waals surface area contributed by atoms with Crippen molar-refractivity contribution in [3.8, 4) is 0 Å². The lowest BCUT2D eigenvalue weighted by atomic mass is 9.91. The van der Waals surface area contributed by atoms with Crippen LogP contribution < -0.4 is 11.1 Å². The minimum absolute atomic E-state index is 0.209. The molecule has 106 valence electrons. The largest absolute Gasteiger partial charge is 0.357 e. The Balaban J connectivity index is 1.90. The number of aromatic amines is 1. The van der Waals surface area contributed by atoms with Crippen LogP contribution in [0.2, 0.25) is 0 Å². The van der Waals surface area contributed by atoms with Crippen molar-refractivity contribution >= 4 is 10.9 Å². The molecule has 4 rings (SSSR count). The molecule has 0 saturated heterocycles. The molecule has 1 unspecified atom stereocenters. The van der Waals surface area contributed by atoms with E-state index in [1.165, 1.54) is 33.3 Å². The van der Waals surface area contributed by atoms with Gasteiger partial charge in [-0.05, 0) is 29.2 Å². The molecule has 2 heterocycles. The zero-order chi connectivity index (χ0) is 14.2. The van der Waals surface area contributed by atoms with Gasteiger partial charge in [0.05, 0.1) is 6.04 Å². The Morgan fingerprint density at radius 3 is 2.76 bits per heavy atom. The normalized spacial score (nSPS) is 17.9. The summed E-state index contributed by atoms with van der Waals surface area (Å²) in [5.41, 5.74) is 12.4. The van der Waals surface area contributed by atoms with Gasteiger partial charge in [0.25, 0.3) is 0 Å². The van der Waals surface area contributed by atoms with Gasteiger partial charge in [0, 0.05) is 29.7 Å². The Morgan fingerprint density at radius 1 is 1.05 bits per heavy atom. The SMILES string of the molecule is NCc1ccccc1C1NCCc2c1[nH]c1ccccc21. The van der Waals surface area contributed by atoms with Crippen LogP contribution in [0.4, 0.5) is 0 Å². The van der Waals surface area contributed by atoms with Crippen LogP contribution in [-0.2, 0) is 13.0 Å². The molecule has 1 aromatic heterocycles. The second kappa shape index (κ2) is 5.02. The average molecular weight is 277 g/mol. The summed E-state index contributed by atoms with van der Waals surface area (Å²) in [5.74, 6) is 0. The van der Waals surface area contributed by atoms with Crippen LogP contribution in [0.3, 0.4) is 0 Å². The fourth-order valence-corrected chi connectivity index (χ4v) is 3.45. The molecule has 21 heavy (non-hydrogen) atoms. The summed E-state index contributed by atoms with van der Waals surface area (Å²) in [6.07, 6.45) is 1.07. The quantitative estimate of drug-likeness (QED) is 0.674. The summed E-state index contributed by atoms with van der Waals surface area (Å²) in [6.45, 7) is 1.57. The van der Waals surface area contributed by atoms with E-state index < -0.39 is 0 Å². The van der Waals surface area contributed by atoms with Crippen molar-refractivity contribution in [3.05, 3.63) is 70.9 Å². The van der Waals surface area contributed by atoms with Gasteiger partial charge in [-0.25, -0.2) is 0 Å². The van der Waals surface area contributed by atoms with Gasteiger partial charge in [-0.3, -0.25) is 0 Å². The maximum Gasteiger partial charge on any atom is 0.0735 e. The summed E-state index contributed by atoms with van der Waals surface area (Å²) in [6, 6.07) is 17.2. The van der Waals surface area contributed by atoms with E-state index in [0.717, 1.165) is 13.0 Å². The Bertz CT molecular complexity index is 788. The lowest BCUT2D eigenvalue weighted by molar-refractivity contribution is 0.556. The van der Waals surface area contributed by atoms with Crippen LogP contribution in [0, 0.1) is 0 Å². The van der Waals surface area contributed by atoms with E-state index in [4.69, 9.17) is 5.73 Å². The van der Waals surface area contributed by atoms with E-state index in [-0.39, 0.29) is 6.04 Å². The Kier molecular flexibility index (Phi) is 3.02. The Hall–Kier alpha value is -2.10. The summed E-state index contributed by atoms with van der Waals surface area (Å²) in [7, 11) is 0. The number of benzene rings is 2. The van der Waals surface area contributed by atoms with E-state index in [9.17, 15) is 0 Å². The third-order valence-electron chi connectivity index (χ3n) is 4.44. The van der Waals surface area contributed by atoms with Gasteiger partial charge in [-0.2, -0.15) is 0 Å². The molecule has 3 aromatic rings. The predicted octanol–water partition coefficient (Wildman–Crippen LogP) is 2.86. The maximum absolute atomic E-state index is 5.91. The highest BCUT2D eigenvalue weighted by molar-refractivity contribution is 5.85. The highest BCUT2D eigenvalue weighted by Gasteiger charge is 2.26. The van der Waals surface area contributed by atoms with E-state index in [1.54, 1.807) is 0 Å². The molecular weight excluding hydrogens is 258 g/mol. The van der Waals surface area contributed by atoms with Crippen LogP contribution in [0.5, 0.6) is 0 Å². The number of H-pyrrole nitrogens is 1. The van der Waals surface area contributed by atoms with E-state index >= 15 is 0 Å². The van der Waals surface area contributed by atoms with Gasteiger partial charge in [0.2, 0.25) is 0 Å². The molecule has 3 heteroatoms. The number of aromatic nitrogens is 1. The molecule has 1 aliphatic heterocycles. The number of para-hydroxylation sites is 1. The molecule has 0 fully saturated rings. The van der Waals surface area contributed by atoms with Crippen LogP contribution in [0.25, 0.3) is 10.9 Å². The van der Waals surface area contributed by atoms with E-state index in [2.05, 4.69) is 58.8 Å². The predicted molar refractivity (Wildman–Crippen MR) is 86.2 cm³/mol. The summed E-state index contributed by atoms with van der Waals surface area (Å²) < 4.78 is 0. The minimum Gasteiger partial charge on any atom is -0.357 e. The number of fused-ring (bicyclic) bond motifs is 3. The van der Waals surface area contributed by atoms with Crippen LogP contribution in [-0.4, -0.2) is 11.5 Å². The van der Waals surface area contributed by atoms with E-state index in [0.29, 0.717) is 6.54 Å². The van der Waals surface area contributed by atoms with Crippen molar-refractivity contribution in [3.63, 3.8) is 0 Å². The van der Waals surface area contributed by atoms with Crippen molar-refractivity contribution < 1.29 is 0 Å². The minimum atomic E-state index is 0.209. The third kappa shape index (κ3) is 1.97. The zero-order valence-electron chi connectivity index (χ0n) is 11.9. The second-order valence-electron chi connectivity index (χ2n) is 5.60. The fraction of sp³-hybridized carbons (Fsp3) is 0.222. The standard InChI is InChI=1S/C18H19N3/c19-11-12-5-1-2-6-13(12)17-18-15(9-10-20-17)14-7-3-4-8-16(14)21-18/h1-8,17,20-21H,9-11,19H2. The van der Waals surface area contributed by atoms with Gasteiger partial charge in [0.1, 0.15) is 0 Å². The van der Waals surface area contributed by atoms with Crippen LogP contribution in [0.1, 0.15) is 28.4 Å². The molecule has 0 amide bonds.